The molecule has 0 fully saturated rings. The SMILES string of the molecule is CCC(C)(C)CC=CCOCC=CCC(C)(C)CC. The molecule has 112 valence electrons. The van der Waals surface area contributed by atoms with Crippen molar-refractivity contribution in [3.63, 3.8) is 0 Å². The molecule has 1 heteroatoms. The summed E-state index contributed by atoms with van der Waals surface area (Å²) in [5, 5.41) is 0. The number of ether oxygens (including phenoxy) is 1. The van der Waals surface area contributed by atoms with Crippen LogP contribution in [0.15, 0.2) is 24.3 Å². The first-order valence-corrected chi connectivity index (χ1v) is 7.71. The maximum absolute atomic E-state index is 5.56. The van der Waals surface area contributed by atoms with Gasteiger partial charge in [-0.15, -0.1) is 0 Å². The van der Waals surface area contributed by atoms with Crippen molar-refractivity contribution in [2.24, 2.45) is 10.8 Å². The summed E-state index contributed by atoms with van der Waals surface area (Å²) in [7, 11) is 0. The zero-order chi connectivity index (χ0) is 14.8. The van der Waals surface area contributed by atoms with Crippen LogP contribution in [0.2, 0.25) is 0 Å². The van der Waals surface area contributed by atoms with Crippen LogP contribution in [-0.4, -0.2) is 13.2 Å². The van der Waals surface area contributed by atoms with E-state index in [4.69, 9.17) is 4.74 Å². The Morgan fingerprint density at radius 1 is 0.684 bits per heavy atom. The highest BCUT2D eigenvalue weighted by molar-refractivity contribution is 4.89. The lowest BCUT2D eigenvalue weighted by atomic mass is 9.86. The smallest absolute Gasteiger partial charge is 0.0651 e. The molecule has 0 N–H and O–H groups in total. The summed E-state index contributed by atoms with van der Waals surface area (Å²) in [4.78, 5) is 0. The third-order valence-corrected chi connectivity index (χ3v) is 4.02. The highest BCUT2D eigenvalue weighted by Gasteiger charge is 2.12. The molecule has 0 bridgehead atoms. The molecule has 0 aliphatic heterocycles. The van der Waals surface area contributed by atoms with E-state index >= 15 is 0 Å². The molecule has 0 aliphatic rings. The molecule has 0 saturated carbocycles. The molecule has 1 nitrogen and oxygen atoms in total. The van der Waals surface area contributed by atoms with Crippen LogP contribution in [0.4, 0.5) is 0 Å². The van der Waals surface area contributed by atoms with E-state index in [9.17, 15) is 0 Å². The normalized spacial score (nSPS) is 13.8. The lowest BCUT2D eigenvalue weighted by molar-refractivity contribution is 0.193. The molecule has 0 spiro atoms. The van der Waals surface area contributed by atoms with E-state index in [0.717, 1.165) is 26.1 Å². The van der Waals surface area contributed by atoms with Crippen molar-refractivity contribution in [1.29, 1.82) is 0 Å². The van der Waals surface area contributed by atoms with Crippen molar-refractivity contribution in [2.75, 3.05) is 13.2 Å². The molecule has 0 aromatic heterocycles. The van der Waals surface area contributed by atoms with Crippen LogP contribution in [-0.2, 0) is 4.74 Å². The lowest BCUT2D eigenvalue weighted by Crippen LogP contribution is -2.07. The van der Waals surface area contributed by atoms with Gasteiger partial charge in [0.2, 0.25) is 0 Å². The standard InChI is InChI=1S/C18H34O/c1-7-17(3,4)13-9-11-15-19-16-12-10-14-18(5,6)8-2/h9-12H,7-8,13-16H2,1-6H3. The van der Waals surface area contributed by atoms with Gasteiger partial charge in [-0.05, 0) is 23.7 Å². The quantitative estimate of drug-likeness (QED) is 0.360. The monoisotopic (exact) mass is 266 g/mol. The maximum atomic E-state index is 5.56. The Kier molecular flexibility index (Phi) is 9.08. The summed E-state index contributed by atoms with van der Waals surface area (Å²) in [6.07, 6.45) is 13.5. The fourth-order valence-corrected chi connectivity index (χ4v) is 1.43. The molecule has 0 unspecified atom stereocenters. The van der Waals surface area contributed by atoms with Gasteiger partial charge in [0.15, 0.2) is 0 Å². The lowest BCUT2D eigenvalue weighted by Gasteiger charge is -2.19. The molecule has 19 heavy (non-hydrogen) atoms. The van der Waals surface area contributed by atoms with E-state index in [2.05, 4.69) is 65.8 Å². The minimum atomic E-state index is 0.419. The fourth-order valence-electron chi connectivity index (χ4n) is 1.43. The molecular weight excluding hydrogens is 232 g/mol. The molecule has 0 atom stereocenters. The van der Waals surface area contributed by atoms with E-state index in [1.165, 1.54) is 12.8 Å². The summed E-state index contributed by atoms with van der Waals surface area (Å²) < 4.78 is 5.56. The van der Waals surface area contributed by atoms with Crippen LogP contribution in [0.1, 0.15) is 67.2 Å². The molecule has 0 saturated heterocycles. The molecule has 0 aromatic carbocycles. The van der Waals surface area contributed by atoms with Crippen molar-refractivity contribution >= 4 is 0 Å². The van der Waals surface area contributed by atoms with Crippen LogP contribution in [0.5, 0.6) is 0 Å². The van der Waals surface area contributed by atoms with Crippen molar-refractivity contribution < 1.29 is 4.74 Å². The first-order chi connectivity index (χ1) is 8.83. The van der Waals surface area contributed by atoms with Gasteiger partial charge < -0.3 is 4.74 Å². The average molecular weight is 266 g/mol. The number of hydrogen-bond donors (Lipinski definition) is 0. The Morgan fingerprint density at radius 2 is 1.05 bits per heavy atom. The van der Waals surface area contributed by atoms with Gasteiger partial charge in [0.1, 0.15) is 0 Å². The number of rotatable bonds is 10. The zero-order valence-electron chi connectivity index (χ0n) is 14.0. The van der Waals surface area contributed by atoms with Crippen molar-refractivity contribution in [2.45, 2.75) is 67.2 Å². The zero-order valence-corrected chi connectivity index (χ0v) is 14.0. The van der Waals surface area contributed by atoms with Crippen LogP contribution >= 0.6 is 0 Å². The number of allylic oxidation sites excluding steroid dienone is 2. The predicted molar refractivity (Wildman–Crippen MR) is 86.5 cm³/mol. The van der Waals surface area contributed by atoms with Crippen LogP contribution in [0.3, 0.4) is 0 Å². The summed E-state index contributed by atoms with van der Waals surface area (Å²) >= 11 is 0. The van der Waals surface area contributed by atoms with E-state index in [-0.39, 0.29) is 0 Å². The summed E-state index contributed by atoms with van der Waals surface area (Å²) in [5.41, 5.74) is 0.838. The Hall–Kier alpha value is -0.560. The second-order valence-corrected chi connectivity index (χ2v) is 6.92. The van der Waals surface area contributed by atoms with Crippen LogP contribution in [0.25, 0.3) is 0 Å². The Bertz CT molecular complexity index is 243. The molecule has 0 radical (unpaired) electrons. The van der Waals surface area contributed by atoms with Gasteiger partial charge in [-0.3, -0.25) is 0 Å². The summed E-state index contributed by atoms with van der Waals surface area (Å²) in [5.74, 6) is 0. The number of hydrogen-bond acceptors (Lipinski definition) is 1. The second-order valence-electron chi connectivity index (χ2n) is 6.92. The minimum Gasteiger partial charge on any atom is -0.373 e. The Labute approximate surface area is 121 Å². The Morgan fingerprint density at radius 3 is 1.37 bits per heavy atom. The second kappa shape index (κ2) is 9.36. The van der Waals surface area contributed by atoms with E-state index < -0.39 is 0 Å². The predicted octanol–water partition coefficient (Wildman–Crippen LogP) is 5.77. The molecule has 0 rings (SSSR count). The maximum Gasteiger partial charge on any atom is 0.0651 e. The van der Waals surface area contributed by atoms with E-state index in [1.807, 2.05) is 0 Å². The third kappa shape index (κ3) is 11.0. The van der Waals surface area contributed by atoms with Crippen molar-refractivity contribution in [3.05, 3.63) is 24.3 Å². The van der Waals surface area contributed by atoms with Gasteiger partial charge in [-0.2, -0.15) is 0 Å². The minimum absolute atomic E-state index is 0.419. The summed E-state index contributed by atoms with van der Waals surface area (Å²) in [6, 6.07) is 0. The molecule has 0 aliphatic carbocycles. The van der Waals surface area contributed by atoms with Crippen LogP contribution in [0, 0.1) is 10.8 Å². The van der Waals surface area contributed by atoms with Crippen LogP contribution < -0.4 is 0 Å². The highest BCUT2D eigenvalue weighted by atomic mass is 16.5. The topological polar surface area (TPSA) is 9.23 Å². The molecule has 0 amide bonds. The molecule has 0 heterocycles. The molecule has 0 aromatic rings. The van der Waals surface area contributed by atoms with Crippen molar-refractivity contribution in [1.82, 2.24) is 0 Å². The summed E-state index contributed by atoms with van der Waals surface area (Å²) in [6.45, 7) is 15.1. The highest BCUT2D eigenvalue weighted by Crippen LogP contribution is 2.25. The Balaban J connectivity index is 3.61. The van der Waals surface area contributed by atoms with Gasteiger partial charge in [0, 0.05) is 0 Å². The van der Waals surface area contributed by atoms with Gasteiger partial charge in [-0.1, -0.05) is 78.7 Å². The fraction of sp³-hybridized carbons (Fsp3) is 0.778. The van der Waals surface area contributed by atoms with Gasteiger partial charge in [-0.25, -0.2) is 0 Å². The van der Waals surface area contributed by atoms with Gasteiger partial charge in [0.05, 0.1) is 13.2 Å². The first kappa shape index (κ1) is 18.4. The third-order valence-electron chi connectivity index (χ3n) is 4.02. The van der Waals surface area contributed by atoms with Gasteiger partial charge >= 0.3 is 0 Å². The first-order valence-electron chi connectivity index (χ1n) is 7.71. The van der Waals surface area contributed by atoms with Gasteiger partial charge in [0.25, 0.3) is 0 Å². The van der Waals surface area contributed by atoms with E-state index in [0.29, 0.717) is 10.8 Å². The van der Waals surface area contributed by atoms with Crippen molar-refractivity contribution in [3.8, 4) is 0 Å². The van der Waals surface area contributed by atoms with E-state index in [1.54, 1.807) is 0 Å². The molecular formula is C18H34O. The largest absolute Gasteiger partial charge is 0.373 e. The average Bonchev–Trinajstić information content (AvgIpc) is 2.36.